The Hall–Kier alpha value is -2.19. The molecule has 0 bridgehead atoms. The van der Waals surface area contributed by atoms with Crippen molar-refractivity contribution in [1.82, 2.24) is 4.90 Å². The van der Waals surface area contributed by atoms with Crippen molar-refractivity contribution in [1.29, 1.82) is 0 Å². The number of nitrogens with zero attached hydrogens (tertiary/aromatic N) is 2. The molecule has 2 N–H and O–H groups in total. The van der Waals surface area contributed by atoms with Gasteiger partial charge in [0.25, 0.3) is 0 Å². The van der Waals surface area contributed by atoms with E-state index in [1.54, 1.807) is 4.90 Å². The van der Waals surface area contributed by atoms with Crippen LogP contribution in [0.5, 0.6) is 11.5 Å². The van der Waals surface area contributed by atoms with Gasteiger partial charge in [-0.2, -0.15) is 0 Å². The van der Waals surface area contributed by atoms with Crippen molar-refractivity contribution in [3.63, 3.8) is 0 Å². The van der Waals surface area contributed by atoms with Gasteiger partial charge in [0.15, 0.2) is 0 Å². The third-order valence-electron chi connectivity index (χ3n) is 6.04. The van der Waals surface area contributed by atoms with E-state index < -0.39 is 0 Å². The molecule has 0 aliphatic carbocycles. The highest BCUT2D eigenvalue weighted by atomic mass is 16.5. The number of quaternary nitrogens is 1. The van der Waals surface area contributed by atoms with Crippen LogP contribution in [0, 0.1) is 0 Å². The molecule has 2 heterocycles. The first-order valence-corrected chi connectivity index (χ1v) is 11.7. The van der Waals surface area contributed by atoms with E-state index in [4.69, 9.17) is 14.2 Å². The zero-order chi connectivity index (χ0) is 22.2. The highest BCUT2D eigenvalue weighted by Crippen LogP contribution is 2.39. The van der Waals surface area contributed by atoms with E-state index in [2.05, 4.69) is 17.1 Å². The van der Waals surface area contributed by atoms with Crippen LogP contribution in [-0.2, 0) is 9.53 Å². The Labute approximate surface area is 186 Å². The van der Waals surface area contributed by atoms with Gasteiger partial charge in [0.2, 0.25) is 5.91 Å². The first-order chi connectivity index (χ1) is 15.1. The highest BCUT2D eigenvalue weighted by molar-refractivity contribution is 5.85. The maximum Gasteiger partial charge on any atom is 0.245 e. The SMILES string of the molecule is CCOc1cc(N2CCOCC2)c(OCC)cc1N[C@H](C)C(=O)N1CC[NH+](CC)CC1. The first kappa shape index (κ1) is 23.5. The molecule has 0 unspecified atom stereocenters. The van der Waals surface area contributed by atoms with Crippen LogP contribution in [-0.4, -0.2) is 89.1 Å². The lowest BCUT2D eigenvalue weighted by atomic mass is 10.1. The van der Waals surface area contributed by atoms with Crippen molar-refractivity contribution in [3.05, 3.63) is 12.1 Å². The Morgan fingerprint density at radius 1 is 1.06 bits per heavy atom. The summed E-state index contributed by atoms with van der Waals surface area (Å²) in [6.45, 7) is 17.0. The molecular formula is C23H39N4O4+. The van der Waals surface area contributed by atoms with Crippen LogP contribution >= 0.6 is 0 Å². The number of anilines is 2. The van der Waals surface area contributed by atoms with Gasteiger partial charge in [0.05, 0.1) is 70.5 Å². The van der Waals surface area contributed by atoms with Crippen LogP contribution in [0.25, 0.3) is 0 Å². The minimum absolute atomic E-state index is 0.132. The van der Waals surface area contributed by atoms with Crippen LogP contribution in [0.4, 0.5) is 11.4 Å². The number of benzene rings is 1. The molecule has 2 saturated heterocycles. The van der Waals surface area contributed by atoms with Crippen LogP contribution in [0.1, 0.15) is 27.7 Å². The molecule has 0 saturated carbocycles. The predicted molar refractivity (Wildman–Crippen MR) is 123 cm³/mol. The first-order valence-electron chi connectivity index (χ1n) is 11.7. The second-order valence-electron chi connectivity index (χ2n) is 8.08. The number of likely N-dealkylation sites (N-methyl/N-ethyl adjacent to an activating group) is 1. The third kappa shape index (κ3) is 5.95. The molecule has 0 aromatic heterocycles. The van der Waals surface area contributed by atoms with Gasteiger partial charge in [-0.25, -0.2) is 0 Å². The highest BCUT2D eigenvalue weighted by Gasteiger charge is 2.27. The van der Waals surface area contributed by atoms with Crippen LogP contribution in [0.15, 0.2) is 12.1 Å². The van der Waals surface area contributed by atoms with Crippen molar-refractivity contribution in [2.45, 2.75) is 33.7 Å². The maximum absolute atomic E-state index is 13.1. The largest absolute Gasteiger partial charge is 0.492 e. The van der Waals surface area contributed by atoms with Gasteiger partial charge in [-0.3, -0.25) is 4.79 Å². The van der Waals surface area contributed by atoms with Crippen LogP contribution in [0.3, 0.4) is 0 Å². The minimum atomic E-state index is -0.342. The summed E-state index contributed by atoms with van der Waals surface area (Å²) in [6.07, 6.45) is 0. The molecule has 1 aromatic rings. The van der Waals surface area contributed by atoms with Crippen LogP contribution < -0.4 is 24.6 Å². The Morgan fingerprint density at radius 2 is 1.71 bits per heavy atom. The van der Waals surface area contributed by atoms with E-state index in [0.29, 0.717) is 26.4 Å². The molecule has 8 nitrogen and oxygen atoms in total. The molecule has 1 aromatic carbocycles. The van der Waals surface area contributed by atoms with E-state index in [0.717, 1.165) is 68.7 Å². The average Bonchev–Trinajstić information content (AvgIpc) is 2.81. The monoisotopic (exact) mass is 435 g/mol. The second-order valence-corrected chi connectivity index (χ2v) is 8.08. The van der Waals surface area contributed by atoms with Gasteiger partial charge < -0.3 is 34.2 Å². The van der Waals surface area contributed by atoms with E-state index >= 15 is 0 Å². The standard InChI is InChI=1S/C23H38N4O4/c1-5-25-8-10-27(11-9-25)23(28)18(4)24-19-16-22(31-7-3)20(17-21(19)30-6-2)26-12-14-29-15-13-26/h16-18,24H,5-15H2,1-4H3/p+1/t18-/m1/s1. The van der Waals surface area contributed by atoms with Gasteiger partial charge >= 0.3 is 0 Å². The van der Waals surface area contributed by atoms with E-state index in [1.807, 2.05) is 37.8 Å². The Kier molecular flexibility index (Phi) is 8.66. The molecule has 174 valence electrons. The van der Waals surface area contributed by atoms with Gasteiger partial charge in [0, 0.05) is 25.2 Å². The molecule has 2 aliphatic rings. The zero-order valence-electron chi connectivity index (χ0n) is 19.5. The fourth-order valence-corrected chi connectivity index (χ4v) is 4.23. The van der Waals surface area contributed by atoms with E-state index in [9.17, 15) is 4.79 Å². The van der Waals surface area contributed by atoms with Gasteiger partial charge in [0.1, 0.15) is 17.5 Å². The molecule has 1 atom stereocenters. The molecule has 0 radical (unpaired) electrons. The number of hydrogen-bond donors (Lipinski definition) is 2. The fourth-order valence-electron chi connectivity index (χ4n) is 4.23. The molecule has 8 heteroatoms. The fraction of sp³-hybridized carbons (Fsp3) is 0.696. The Balaban J connectivity index is 1.78. The van der Waals surface area contributed by atoms with E-state index in [1.165, 1.54) is 0 Å². The van der Waals surface area contributed by atoms with Crippen molar-refractivity contribution in [3.8, 4) is 11.5 Å². The summed E-state index contributed by atoms with van der Waals surface area (Å²) in [6, 6.07) is 3.66. The molecule has 3 rings (SSSR count). The second kappa shape index (κ2) is 11.4. The number of carbonyl (C=O) groups is 1. The number of hydrogen-bond acceptors (Lipinski definition) is 6. The van der Waals surface area contributed by atoms with Crippen molar-refractivity contribution < 1.29 is 23.9 Å². The van der Waals surface area contributed by atoms with Crippen molar-refractivity contribution in [2.24, 2.45) is 0 Å². The number of amides is 1. The lowest BCUT2D eigenvalue weighted by Crippen LogP contribution is -3.14. The maximum atomic E-state index is 13.1. The lowest BCUT2D eigenvalue weighted by molar-refractivity contribution is -0.902. The van der Waals surface area contributed by atoms with Crippen LogP contribution in [0.2, 0.25) is 0 Å². The molecule has 2 fully saturated rings. The minimum Gasteiger partial charge on any atom is -0.492 e. The molecule has 0 spiro atoms. The Morgan fingerprint density at radius 3 is 2.32 bits per heavy atom. The number of ether oxygens (including phenoxy) is 3. The number of piperazine rings is 1. The summed E-state index contributed by atoms with van der Waals surface area (Å²) in [5, 5.41) is 3.40. The number of morpholine rings is 1. The number of nitrogens with one attached hydrogen (secondary N) is 2. The number of rotatable bonds is 9. The average molecular weight is 436 g/mol. The third-order valence-corrected chi connectivity index (χ3v) is 6.04. The number of carbonyl (C=O) groups excluding carboxylic acids is 1. The van der Waals surface area contributed by atoms with Gasteiger partial charge in [-0.05, 0) is 27.7 Å². The van der Waals surface area contributed by atoms with Gasteiger partial charge in [-0.15, -0.1) is 0 Å². The summed E-state index contributed by atoms with van der Waals surface area (Å²) in [5.74, 6) is 1.68. The summed E-state index contributed by atoms with van der Waals surface area (Å²) in [5.41, 5.74) is 1.80. The molecule has 31 heavy (non-hydrogen) atoms. The predicted octanol–water partition coefficient (Wildman–Crippen LogP) is 0.868. The lowest BCUT2D eigenvalue weighted by Gasteiger charge is -2.34. The smallest absolute Gasteiger partial charge is 0.245 e. The van der Waals surface area contributed by atoms with Gasteiger partial charge in [-0.1, -0.05) is 0 Å². The quantitative estimate of drug-likeness (QED) is 0.600. The summed E-state index contributed by atoms with van der Waals surface area (Å²) < 4.78 is 17.4. The summed E-state index contributed by atoms with van der Waals surface area (Å²) >= 11 is 0. The van der Waals surface area contributed by atoms with Crippen molar-refractivity contribution >= 4 is 17.3 Å². The van der Waals surface area contributed by atoms with Crippen molar-refractivity contribution in [2.75, 3.05) is 82.5 Å². The normalized spacial score (nSPS) is 18.6. The Bertz CT molecular complexity index is 716. The summed E-state index contributed by atoms with van der Waals surface area (Å²) in [4.78, 5) is 18.9. The topological polar surface area (TPSA) is 67.7 Å². The van der Waals surface area contributed by atoms with E-state index in [-0.39, 0.29) is 11.9 Å². The summed E-state index contributed by atoms with van der Waals surface area (Å²) in [7, 11) is 0. The molecule has 2 aliphatic heterocycles. The molecule has 1 amide bonds. The zero-order valence-corrected chi connectivity index (χ0v) is 19.5. The molecular weight excluding hydrogens is 396 g/mol.